The van der Waals surface area contributed by atoms with Gasteiger partial charge in [0.1, 0.15) is 0 Å². The van der Waals surface area contributed by atoms with E-state index in [1.165, 1.54) is 7.11 Å². The first-order valence-electron chi connectivity index (χ1n) is 7.16. The van der Waals surface area contributed by atoms with Crippen LogP contribution in [0.15, 0.2) is 30.3 Å². The molecule has 21 heavy (non-hydrogen) atoms. The fourth-order valence-electron chi connectivity index (χ4n) is 1.91. The van der Waals surface area contributed by atoms with Gasteiger partial charge in [-0.1, -0.05) is 30.3 Å². The molecule has 116 valence electrons. The molecule has 0 aliphatic carbocycles. The minimum Gasteiger partial charge on any atom is -0.469 e. The third-order valence-corrected chi connectivity index (χ3v) is 3.03. The molecule has 0 spiro atoms. The molecule has 0 aromatic heterocycles. The Hall–Kier alpha value is -1.72. The molecular formula is C16H23NO4. The summed E-state index contributed by atoms with van der Waals surface area (Å²) < 4.78 is 9.90. The maximum Gasteiger partial charge on any atom is 0.307 e. The predicted octanol–water partition coefficient (Wildman–Crippen LogP) is 1.82. The Kier molecular flexibility index (Phi) is 8.31. The molecule has 0 radical (unpaired) electrons. The van der Waals surface area contributed by atoms with E-state index in [0.29, 0.717) is 25.3 Å². The Morgan fingerprint density at radius 1 is 1.24 bits per heavy atom. The molecule has 5 nitrogen and oxygen atoms in total. The van der Waals surface area contributed by atoms with Crippen molar-refractivity contribution in [2.24, 2.45) is 0 Å². The average Bonchev–Trinajstić information content (AvgIpc) is 2.53. The number of hydrogen-bond acceptors (Lipinski definition) is 5. The summed E-state index contributed by atoms with van der Waals surface area (Å²) in [5, 5.41) is 3.11. The summed E-state index contributed by atoms with van der Waals surface area (Å²) in [4.78, 5) is 23.9. The molecule has 0 amide bonds. The maximum atomic E-state index is 12.4. The fourth-order valence-corrected chi connectivity index (χ4v) is 1.91. The van der Waals surface area contributed by atoms with Crippen LogP contribution in [-0.4, -0.2) is 44.7 Å². The van der Waals surface area contributed by atoms with E-state index >= 15 is 0 Å². The van der Waals surface area contributed by atoms with E-state index in [1.54, 1.807) is 24.3 Å². The largest absolute Gasteiger partial charge is 0.469 e. The van der Waals surface area contributed by atoms with E-state index in [-0.39, 0.29) is 12.2 Å². The van der Waals surface area contributed by atoms with Crippen LogP contribution in [0.3, 0.4) is 0 Å². The minimum absolute atomic E-state index is 0.0266. The van der Waals surface area contributed by atoms with Crippen molar-refractivity contribution in [3.63, 3.8) is 0 Å². The summed E-state index contributed by atoms with van der Waals surface area (Å²) in [6.07, 6.45) is 0.812. The standard InChI is InChI=1S/C16H23NO4/c1-3-21-11-7-10-17-14(12-15(18)20-2)16(19)13-8-5-4-6-9-13/h4-6,8-9,14,17H,3,7,10-12H2,1-2H3. The lowest BCUT2D eigenvalue weighted by Crippen LogP contribution is -2.39. The monoisotopic (exact) mass is 293 g/mol. The number of methoxy groups -OCH3 is 1. The van der Waals surface area contributed by atoms with Crippen molar-refractivity contribution in [1.29, 1.82) is 0 Å². The third-order valence-electron chi connectivity index (χ3n) is 3.03. The number of benzene rings is 1. The van der Waals surface area contributed by atoms with Crippen molar-refractivity contribution in [2.45, 2.75) is 25.8 Å². The highest BCUT2D eigenvalue weighted by Gasteiger charge is 2.22. The summed E-state index contributed by atoms with van der Waals surface area (Å²) in [5.74, 6) is -0.501. The molecule has 1 rings (SSSR count). The van der Waals surface area contributed by atoms with Gasteiger partial charge in [-0.3, -0.25) is 9.59 Å². The zero-order chi connectivity index (χ0) is 15.5. The second-order valence-electron chi connectivity index (χ2n) is 4.57. The van der Waals surface area contributed by atoms with Gasteiger partial charge in [-0.25, -0.2) is 0 Å². The van der Waals surface area contributed by atoms with Crippen LogP contribution in [0.5, 0.6) is 0 Å². The van der Waals surface area contributed by atoms with Gasteiger partial charge in [0, 0.05) is 18.8 Å². The van der Waals surface area contributed by atoms with Crippen molar-refractivity contribution in [3.8, 4) is 0 Å². The van der Waals surface area contributed by atoms with Crippen LogP contribution in [0.4, 0.5) is 0 Å². The highest BCUT2D eigenvalue weighted by Crippen LogP contribution is 2.07. The van der Waals surface area contributed by atoms with E-state index in [0.717, 1.165) is 6.42 Å². The van der Waals surface area contributed by atoms with Crippen LogP contribution >= 0.6 is 0 Å². The van der Waals surface area contributed by atoms with Crippen LogP contribution in [0.2, 0.25) is 0 Å². The number of nitrogens with one attached hydrogen (secondary N) is 1. The van der Waals surface area contributed by atoms with Crippen LogP contribution in [0, 0.1) is 0 Å². The summed E-state index contributed by atoms with van der Waals surface area (Å²) >= 11 is 0. The summed E-state index contributed by atoms with van der Waals surface area (Å²) in [5.41, 5.74) is 0.587. The Bertz CT molecular complexity index is 433. The van der Waals surface area contributed by atoms with Crippen molar-refractivity contribution < 1.29 is 19.1 Å². The quantitative estimate of drug-likeness (QED) is 0.405. The third kappa shape index (κ3) is 6.51. The Morgan fingerprint density at radius 2 is 1.95 bits per heavy atom. The highest BCUT2D eigenvalue weighted by molar-refractivity contribution is 6.01. The van der Waals surface area contributed by atoms with Crippen LogP contribution in [0.25, 0.3) is 0 Å². The van der Waals surface area contributed by atoms with Gasteiger partial charge in [-0.05, 0) is 19.9 Å². The first-order chi connectivity index (χ1) is 10.2. The molecule has 0 heterocycles. The molecule has 0 aliphatic rings. The Morgan fingerprint density at radius 3 is 2.57 bits per heavy atom. The van der Waals surface area contributed by atoms with E-state index in [1.807, 2.05) is 13.0 Å². The first-order valence-corrected chi connectivity index (χ1v) is 7.16. The number of ether oxygens (including phenoxy) is 2. The van der Waals surface area contributed by atoms with Gasteiger partial charge in [0.2, 0.25) is 0 Å². The minimum atomic E-state index is -0.568. The smallest absolute Gasteiger partial charge is 0.307 e. The van der Waals surface area contributed by atoms with Crippen molar-refractivity contribution in [2.75, 3.05) is 26.9 Å². The van der Waals surface area contributed by atoms with Crippen LogP contribution in [0.1, 0.15) is 30.1 Å². The number of carbonyl (C=O) groups is 2. The average molecular weight is 293 g/mol. The molecule has 0 aliphatic heterocycles. The predicted molar refractivity (Wildman–Crippen MR) is 80.3 cm³/mol. The SMILES string of the molecule is CCOCCCNC(CC(=O)OC)C(=O)c1ccccc1. The number of ketones is 1. The Balaban J connectivity index is 2.59. The maximum absolute atomic E-state index is 12.4. The second-order valence-corrected chi connectivity index (χ2v) is 4.57. The van der Waals surface area contributed by atoms with Gasteiger partial charge < -0.3 is 14.8 Å². The normalized spacial score (nSPS) is 11.9. The molecule has 1 N–H and O–H groups in total. The summed E-state index contributed by atoms with van der Waals surface area (Å²) in [6.45, 7) is 3.86. The van der Waals surface area contributed by atoms with Crippen LogP contribution < -0.4 is 5.32 Å². The number of rotatable bonds is 10. The molecule has 1 aromatic carbocycles. The molecule has 0 saturated carbocycles. The van der Waals surface area contributed by atoms with Gasteiger partial charge in [-0.15, -0.1) is 0 Å². The molecule has 1 atom stereocenters. The highest BCUT2D eigenvalue weighted by atomic mass is 16.5. The van der Waals surface area contributed by atoms with Gasteiger partial charge in [0.05, 0.1) is 19.6 Å². The molecule has 5 heteroatoms. The number of esters is 1. The first kappa shape index (κ1) is 17.3. The van der Waals surface area contributed by atoms with Gasteiger partial charge >= 0.3 is 5.97 Å². The van der Waals surface area contributed by atoms with E-state index < -0.39 is 12.0 Å². The lowest BCUT2D eigenvalue weighted by atomic mass is 10.0. The number of hydrogen-bond donors (Lipinski definition) is 1. The molecule has 1 aromatic rings. The van der Waals surface area contributed by atoms with E-state index in [2.05, 4.69) is 10.1 Å². The molecule has 0 bridgehead atoms. The summed E-state index contributed by atoms with van der Waals surface area (Å²) in [7, 11) is 1.32. The number of carbonyl (C=O) groups excluding carboxylic acids is 2. The topological polar surface area (TPSA) is 64.6 Å². The summed E-state index contributed by atoms with van der Waals surface area (Å²) in [6, 6.07) is 8.38. The van der Waals surface area contributed by atoms with Gasteiger partial charge in [0.15, 0.2) is 5.78 Å². The molecule has 0 fully saturated rings. The van der Waals surface area contributed by atoms with E-state index in [4.69, 9.17) is 4.74 Å². The molecule has 1 unspecified atom stereocenters. The zero-order valence-corrected chi connectivity index (χ0v) is 12.6. The van der Waals surface area contributed by atoms with Gasteiger partial charge in [0.25, 0.3) is 0 Å². The lowest BCUT2D eigenvalue weighted by molar-refractivity contribution is -0.140. The lowest BCUT2D eigenvalue weighted by Gasteiger charge is -2.16. The van der Waals surface area contributed by atoms with E-state index in [9.17, 15) is 9.59 Å². The van der Waals surface area contributed by atoms with Crippen molar-refractivity contribution in [3.05, 3.63) is 35.9 Å². The Labute approximate surface area is 125 Å². The molecular weight excluding hydrogens is 270 g/mol. The molecule has 0 saturated heterocycles. The number of Topliss-reactive ketones (excluding diaryl/α,β-unsaturated/α-hetero) is 1. The second kappa shape index (κ2) is 10.1. The van der Waals surface area contributed by atoms with Crippen LogP contribution in [-0.2, 0) is 14.3 Å². The van der Waals surface area contributed by atoms with Crippen molar-refractivity contribution >= 4 is 11.8 Å². The van der Waals surface area contributed by atoms with Crippen molar-refractivity contribution in [1.82, 2.24) is 5.32 Å². The fraction of sp³-hybridized carbons (Fsp3) is 0.500. The zero-order valence-electron chi connectivity index (χ0n) is 12.6. The van der Waals surface area contributed by atoms with Gasteiger partial charge in [-0.2, -0.15) is 0 Å².